The van der Waals surface area contributed by atoms with E-state index in [0.717, 1.165) is 33.6 Å². The van der Waals surface area contributed by atoms with Gasteiger partial charge in [0.05, 0.1) is 11.4 Å². The first-order chi connectivity index (χ1) is 14.9. The molecule has 0 saturated carbocycles. The topological polar surface area (TPSA) is 24.7 Å². The summed E-state index contributed by atoms with van der Waals surface area (Å²) in [6, 6.07) is 36.5. The maximum absolute atomic E-state index is 4.54. The van der Waals surface area contributed by atoms with Gasteiger partial charge in [0.15, 0.2) is 0 Å². The Balaban J connectivity index is 1.58. The predicted molar refractivity (Wildman–Crippen MR) is 128 cm³/mol. The van der Waals surface area contributed by atoms with Gasteiger partial charge in [-0.25, -0.2) is 0 Å². The minimum absolute atomic E-state index is 0.839. The largest absolute Gasteiger partial charge is 0.150 e. The molecule has 0 aliphatic heterocycles. The molecule has 0 heterocycles. The van der Waals surface area contributed by atoms with Gasteiger partial charge >= 0.3 is 0 Å². The van der Waals surface area contributed by atoms with Gasteiger partial charge in [-0.05, 0) is 23.3 Å². The molecule has 0 aromatic heterocycles. The molecule has 0 bridgehead atoms. The fourth-order valence-electron chi connectivity index (χ4n) is 3.05. The summed E-state index contributed by atoms with van der Waals surface area (Å²) in [4.78, 5) is 0. The zero-order valence-electron chi connectivity index (χ0n) is 16.6. The van der Waals surface area contributed by atoms with Crippen molar-refractivity contribution in [2.75, 3.05) is 0 Å². The molecule has 0 fully saturated rings. The number of nitrogens with zero attached hydrogens (tertiary/aromatic N) is 2. The summed E-state index contributed by atoms with van der Waals surface area (Å²) in [7, 11) is 0. The molecule has 0 aliphatic rings. The monoisotopic (exact) mass is 386 g/mol. The Hall–Kier alpha value is -4.04. The second-order valence-electron chi connectivity index (χ2n) is 6.81. The third kappa shape index (κ3) is 5.27. The van der Waals surface area contributed by atoms with E-state index in [1.807, 2.05) is 72.8 Å². The summed E-state index contributed by atoms with van der Waals surface area (Å²) in [5.74, 6) is 0. The lowest BCUT2D eigenvalue weighted by atomic mass is 10.1. The number of rotatable bonds is 6. The molecular weight excluding hydrogens is 364 g/mol. The van der Waals surface area contributed by atoms with Crippen molar-refractivity contribution in [3.63, 3.8) is 0 Å². The highest BCUT2D eigenvalue weighted by atomic mass is 15.1. The maximum atomic E-state index is 4.54. The van der Waals surface area contributed by atoms with E-state index in [1.54, 1.807) is 0 Å². The fraction of sp³-hybridized carbons (Fsp3) is 0. The van der Waals surface area contributed by atoms with E-state index in [4.69, 9.17) is 0 Å². The highest BCUT2D eigenvalue weighted by molar-refractivity contribution is 5.76. The number of azo groups is 1. The first-order valence-corrected chi connectivity index (χ1v) is 9.94. The first-order valence-electron chi connectivity index (χ1n) is 9.94. The van der Waals surface area contributed by atoms with Crippen LogP contribution in [-0.2, 0) is 0 Å². The van der Waals surface area contributed by atoms with Gasteiger partial charge in [-0.2, -0.15) is 0 Å². The van der Waals surface area contributed by atoms with Crippen LogP contribution in [0.3, 0.4) is 0 Å². The van der Waals surface area contributed by atoms with Crippen LogP contribution in [0, 0.1) is 0 Å². The van der Waals surface area contributed by atoms with E-state index in [-0.39, 0.29) is 0 Å². The molecule has 0 spiro atoms. The van der Waals surface area contributed by atoms with Crippen molar-refractivity contribution in [2.45, 2.75) is 0 Å². The SMILES string of the molecule is C(=Cc1ccccc1/N=N/c1ccccc1C=Cc1ccccc1)c1ccccc1. The van der Waals surface area contributed by atoms with Crippen molar-refractivity contribution >= 4 is 35.7 Å². The van der Waals surface area contributed by atoms with Crippen molar-refractivity contribution in [2.24, 2.45) is 10.2 Å². The first kappa shape index (κ1) is 19.3. The van der Waals surface area contributed by atoms with Crippen LogP contribution in [0.2, 0.25) is 0 Å². The Morgan fingerprint density at radius 1 is 0.367 bits per heavy atom. The Labute approximate surface area is 177 Å². The van der Waals surface area contributed by atoms with Gasteiger partial charge in [0.25, 0.3) is 0 Å². The minimum Gasteiger partial charge on any atom is -0.150 e. The van der Waals surface area contributed by atoms with Crippen LogP contribution in [0.4, 0.5) is 11.4 Å². The van der Waals surface area contributed by atoms with Crippen LogP contribution in [-0.4, -0.2) is 0 Å². The van der Waals surface area contributed by atoms with E-state index in [9.17, 15) is 0 Å². The van der Waals surface area contributed by atoms with Gasteiger partial charge in [0, 0.05) is 11.1 Å². The zero-order valence-corrected chi connectivity index (χ0v) is 16.6. The van der Waals surface area contributed by atoms with E-state index in [2.05, 4.69) is 70.9 Å². The second kappa shape index (κ2) is 9.94. The Bertz CT molecular complexity index is 1080. The van der Waals surface area contributed by atoms with Crippen LogP contribution in [0.25, 0.3) is 24.3 Å². The predicted octanol–water partition coefficient (Wildman–Crippen LogP) is 8.44. The molecule has 4 aromatic carbocycles. The smallest absolute Gasteiger partial charge is 0.0929 e. The molecule has 0 aliphatic carbocycles. The normalized spacial score (nSPS) is 11.6. The third-order valence-corrected chi connectivity index (χ3v) is 4.65. The second-order valence-corrected chi connectivity index (χ2v) is 6.81. The summed E-state index contributed by atoms with van der Waals surface area (Å²) in [6.45, 7) is 0. The molecule has 4 rings (SSSR count). The lowest BCUT2D eigenvalue weighted by Crippen LogP contribution is -1.76. The maximum Gasteiger partial charge on any atom is 0.0929 e. The van der Waals surface area contributed by atoms with Crippen molar-refractivity contribution in [1.29, 1.82) is 0 Å². The molecule has 0 amide bonds. The quantitative estimate of drug-likeness (QED) is 0.235. The highest BCUT2D eigenvalue weighted by Gasteiger charge is 2.00. The highest BCUT2D eigenvalue weighted by Crippen LogP contribution is 2.27. The molecule has 0 radical (unpaired) electrons. The molecule has 2 nitrogen and oxygen atoms in total. The molecule has 0 N–H and O–H groups in total. The van der Waals surface area contributed by atoms with Crippen LogP contribution < -0.4 is 0 Å². The summed E-state index contributed by atoms with van der Waals surface area (Å²) in [6.07, 6.45) is 8.32. The van der Waals surface area contributed by atoms with E-state index in [1.165, 1.54) is 0 Å². The molecule has 0 atom stereocenters. The standard InChI is InChI=1S/C28H22N2/c1-3-11-23(12-4-1)19-21-25-15-7-9-17-27(25)29-30-28-18-10-8-16-26(28)22-20-24-13-5-2-6-14-24/h1-22H/b21-19?,22-20?,30-29+. The van der Waals surface area contributed by atoms with Gasteiger partial charge in [0.1, 0.15) is 0 Å². The van der Waals surface area contributed by atoms with Crippen molar-refractivity contribution < 1.29 is 0 Å². The number of benzene rings is 4. The van der Waals surface area contributed by atoms with Crippen LogP contribution in [0.15, 0.2) is 119 Å². The molecule has 4 aromatic rings. The molecule has 30 heavy (non-hydrogen) atoms. The van der Waals surface area contributed by atoms with Crippen molar-refractivity contribution in [3.8, 4) is 0 Å². The Morgan fingerprint density at radius 3 is 1.17 bits per heavy atom. The fourth-order valence-corrected chi connectivity index (χ4v) is 3.05. The van der Waals surface area contributed by atoms with Gasteiger partial charge in [-0.1, -0.05) is 121 Å². The number of hydrogen-bond donors (Lipinski definition) is 0. The minimum atomic E-state index is 0.839. The van der Waals surface area contributed by atoms with Gasteiger partial charge in [-0.3, -0.25) is 0 Å². The van der Waals surface area contributed by atoms with Crippen LogP contribution in [0.5, 0.6) is 0 Å². The average molecular weight is 386 g/mol. The van der Waals surface area contributed by atoms with E-state index < -0.39 is 0 Å². The molecule has 0 saturated heterocycles. The van der Waals surface area contributed by atoms with Crippen LogP contribution >= 0.6 is 0 Å². The molecule has 144 valence electrons. The van der Waals surface area contributed by atoms with Crippen molar-refractivity contribution in [3.05, 3.63) is 131 Å². The average Bonchev–Trinajstić information content (AvgIpc) is 2.82. The number of hydrogen-bond acceptors (Lipinski definition) is 2. The third-order valence-electron chi connectivity index (χ3n) is 4.65. The van der Waals surface area contributed by atoms with Gasteiger partial charge in [-0.15, -0.1) is 10.2 Å². The summed E-state index contributed by atoms with van der Waals surface area (Å²) in [5, 5.41) is 9.09. The van der Waals surface area contributed by atoms with Gasteiger partial charge in [0.2, 0.25) is 0 Å². The molecule has 0 unspecified atom stereocenters. The zero-order chi connectivity index (χ0) is 20.4. The Morgan fingerprint density at radius 2 is 0.733 bits per heavy atom. The molecular formula is C28H22N2. The molecule has 2 heteroatoms. The van der Waals surface area contributed by atoms with Gasteiger partial charge < -0.3 is 0 Å². The summed E-state index contributed by atoms with van der Waals surface area (Å²) >= 11 is 0. The lowest BCUT2D eigenvalue weighted by Gasteiger charge is -2.02. The van der Waals surface area contributed by atoms with E-state index >= 15 is 0 Å². The summed E-state index contributed by atoms with van der Waals surface area (Å²) < 4.78 is 0. The van der Waals surface area contributed by atoms with E-state index in [0.29, 0.717) is 0 Å². The lowest BCUT2D eigenvalue weighted by molar-refractivity contribution is 1.22. The Kier molecular flexibility index (Phi) is 6.39. The summed E-state index contributed by atoms with van der Waals surface area (Å²) in [5.41, 5.74) is 6.05. The van der Waals surface area contributed by atoms with Crippen molar-refractivity contribution in [1.82, 2.24) is 0 Å². The van der Waals surface area contributed by atoms with Crippen LogP contribution in [0.1, 0.15) is 22.3 Å².